The van der Waals surface area contributed by atoms with E-state index >= 15 is 0 Å². The maximum Gasteiger partial charge on any atom is 0.326 e. The molecule has 0 aromatic heterocycles. The zero-order chi connectivity index (χ0) is 18.0. The topological polar surface area (TPSA) is 79.0 Å². The lowest BCUT2D eigenvalue weighted by atomic mass is 9.73. The van der Waals surface area contributed by atoms with Gasteiger partial charge in [0.2, 0.25) is 0 Å². The quantitative estimate of drug-likeness (QED) is 0.616. The SMILES string of the molecule is CCOC(=O)C1CCN(CN2C(=O)N[C@@]3(CCCC[C@@H]3C)C2=O)CC1. The molecule has 2 atom stereocenters. The highest BCUT2D eigenvalue weighted by Gasteiger charge is 2.55. The first-order chi connectivity index (χ1) is 12.0. The number of urea groups is 1. The molecule has 1 N–H and O–H groups in total. The summed E-state index contributed by atoms with van der Waals surface area (Å²) >= 11 is 0. The summed E-state index contributed by atoms with van der Waals surface area (Å²) in [5, 5.41) is 2.99. The molecule has 0 aromatic carbocycles. The second-order valence-corrected chi connectivity index (χ2v) is 7.57. The van der Waals surface area contributed by atoms with E-state index in [0.717, 1.165) is 25.7 Å². The number of amides is 3. The molecule has 2 aliphatic heterocycles. The average Bonchev–Trinajstić information content (AvgIpc) is 2.83. The van der Waals surface area contributed by atoms with Gasteiger partial charge in [0.05, 0.1) is 19.2 Å². The van der Waals surface area contributed by atoms with Crippen LogP contribution in [-0.2, 0) is 14.3 Å². The third-order valence-electron chi connectivity index (χ3n) is 6.05. The Bertz CT molecular complexity index is 544. The van der Waals surface area contributed by atoms with Crippen LogP contribution in [0.3, 0.4) is 0 Å². The number of piperidine rings is 1. The lowest BCUT2D eigenvalue weighted by Gasteiger charge is -2.37. The van der Waals surface area contributed by atoms with Crippen LogP contribution in [-0.4, -0.2) is 59.6 Å². The molecular weight excluding hydrogens is 322 g/mol. The Balaban J connectivity index is 1.58. The first kappa shape index (κ1) is 18.2. The molecule has 1 aliphatic carbocycles. The third-order valence-corrected chi connectivity index (χ3v) is 6.05. The minimum absolute atomic E-state index is 0.0657. The summed E-state index contributed by atoms with van der Waals surface area (Å²) in [4.78, 5) is 40.7. The van der Waals surface area contributed by atoms with Crippen LogP contribution in [0.15, 0.2) is 0 Å². The minimum Gasteiger partial charge on any atom is -0.466 e. The van der Waals surface area contributed by atoms with Gasteiger partial charge in [0.1, 0.15) is 5.54 Å². The molecule has 1 spiro atoms. The molecule has 140 valence electrons. The Morgan fingerprint density at radius 2 is 1.96 bits per heavy atom. The van der Waals surface area contributed by atoms with Crippen LogP contribution < -0.4 is 5.32 Å². The monoisotopic (exact) mass is 351 g/mol. The van der Waals surface area contributed by atoms with E-state index < -0.39 is 5.54 Å². The van der Waals surface area contributed by atoms with Crippen molar-refractivity contribution in [3.05, 3.63) is 0 Å². The van der Waals surface area contributed by atoms with Gasteiger partial charge in [0.25, 0.3) is 5.91 Å². The van der Waals surface area contributed by atoms with Crippen molar-refractivity contribution in [1.29, 1.82) is 0 Å². The molecule has 2 heterocycles. The molecule has 3 rings (SSSR count). The number of hydrogen-bond acceptors (Lipinski definition) is 5. The van der Waals surface area contributed by atoms with Crippen molar-refractivity contribution < 1.29 is 19.1 Å². The van der Waals surface area contributed by atoms with Crippen LogP contribution in [0.4, 0.5) is 4.79 Å². The molecule has 2 saturated heterocycles. The molecule has 7 heteroatoms. The second-order valence-electron chi connectivity index (χ2n) is 7.57. The molecular formula is C18H29N3O4. The second kappa shape index (κ2) is 7.32. The van der Waals surface area contributed by atoms with Crippen molar-refractivity contribution in [2.45, 2.75) is 57.9 Å². The van der Waals surface area contributed by atoms with Crippen molar-refractivity contribution in [3.8, 4) is 0 Å². The van der Waals surface area contributed by atoms with Crippen LogP contribution in [0, 0.1) is 11.8 Å². The number of likely N-dealkylation sites (tertiary alicyclic amines) is 1. The Morgan fingerprint density at radius 1 is 1.24 bits per heavy atom. The van der Waals surface area contributed by atoms with Crippen molar-refractivity contribution in [1.82, 2.24) is 15.1 Å². The molecule has 0 aromatic rings. The fraction of sp³-hybridized carbons (Fsp3) is 0.833. The van der Waals surface area contributed by atoms with Gasteiger partial charge in [0, 0.05) is 13.1 Å². The number of carbonyl (C=O) groups excluding carboxylic acids is 3. The zero-order valence-corrected chi connectivity index (χ0v) is 15.3. The first-order valence-electron chi connectivity index (χ1n) is 9.51. The zero-order valence-electron chi connectivity index (χ0n) is 15.3. The highest BCUT2D eigenvalue weighted by atomic mass is 16.5. The number of nitrogens with one attached hydrogen (secondary N) is 1. The maximum absolute atomic E-state index is 13.0. The highest BCUT2D eigenvalue weighted by Crippen LogP contribution is 2.38. The van der Waals surface area contributed by atoms with E-state index in [1.54, 1.807) is 0 Å². The predicted octanol–water partition coefficient (Wildman–Crippen LogP) is 1.72. The molecule has 0 bridgehead atoms. The van der Waals surface area contributed by atoms with E-state index in [1.165, 1.54) is 4.90 Å². The van der Waals surface area contributed by atoms with E-state index in [-0.39, 0.29) is 29.7 Å². The summed E-state index contributed by atoms with van der Waals surface area (Å²) in [6, 6.07) is -0.272. The van der Waals surface area contributed by atoms with Crippen LogP contribution in [0.2, 0.25) is 0 Å². The standard InChI is InChI=1S/C18H29N3O4/c1-3-25-15(22)14-7-10-20(11-8-14)12-21-16(23)18(19-17(21)24)9-5-4-6-13(18)2/h13-14H,3-12H2,1-2H3,(H,19,24)/t13-,18+/m0/s1. The Labute approximate surface area is 149 Å². The number of nitrogens with zero attached hydrogens (tertiary/aromatic N) is 2. The molecule has 25 heavy (non-hydrogen) atoms. The van der Waals surface area contributed by atoms with E-state index in [4.69, 9.17) is 4.74 Å². The summed E-state index contributed by atoms with van der Waals surface area (Å²) < 4.78 is 5.09. The van der Waals surface area contributed by atoms with Crippen LogP contribution in [0.5, 0.6) is 0 Å². The number of imide groups is 1. The normalized spacial score (nSPS) is 31.4. The van der Waals surface area contributed by atoms with E-state index in [0.29, 0.717) is 39.2 Å². The van der Waals surface area contributed by atoms with Gasteiger partial charge in [-0.25, -0.2) is 9.69 Å². The smallest absolute Gasteiger partial charge is 0.326 e. The van der Waals surface area contributed by atoms with Crippen molar-refractivity contribution >= 4 is 17.9 Å². The summed E-state index contributed by atoms with van der Waals surface area (Å²) in [5.41, 5.74) is -0.696. The summed E-state index contributed by atoms with van der Waals surface area (Å²) in [6.45, 7) is 5.99. The van der Waals surface area contributed by atoms with Gasteiger partial charge in [0.15, 0.2) is 0 Å². The molecule has 3 amide bonds. The van der Waals surface area contributed by atoms with Gasteiger partial charge in [-0.05, 0) is 38.5 Å². The van der Waals surface area contributed by atoms with Gasteiger partial charge in [-0.2, -0.15) is 0 Å². The fourth-order valence-electron chi connectivity index (χ4n) is 4.39. The number of ether oxygens (including phenoxy) is 1. The molecule has 0 radical (unpaired) electrons. The molecule has 7 nitrogen and oxygen atoms in total. The molecule has 3 fully saturated rings. The Hall–Kier alpha value is -1.63. The lowest BCUT2D eigenvalue weighted by molar-refractivity contribution is -0.150. The number of esters is 1. The van der Waals surface area contributed by atoms with Crippen LogP contribution >= 0.6 is 0 Å². The lowest BCUT2D eigenvalue weighted by Crippen LogP contribution is -2.54. The Morgan fingerprint density at radius 3 is 2.60 bits per heavy atom. The van der Waals surface area contributed by atoms with Gasteiger partial charge in [-0.1, -0.05) is 19.8 Å². The highest BCUT2D eigenvalue weighted by molar-refractivity contribution is 6.07. The largest absolute Gasteiger partial charge is 0.466 e. The molecule has 3 aliphatic rings. The number of hydrogen-bond donors (Lipinski definition) is 1. The minimum atomic E-state index is -0.696. The summed E-state index contributed by atoms with van der Waals surface area (Å²) in [5.74, 6) is -0.0920. The first-order valence-corrected chi connectivity index (χ1v) is 9.51. The van der Waals surface area contributed by atoms with Crippen LogP contribution in [0.1, 0.15) is 52.4 Å². The Kier molecular flexibility index (Phi) is 5.32. The van der Waals surface area contributed by atoms with Crippen LogP contribution in [0.25, 0.3) is 0 Å². The van der Waals surface area contributed by atoms with Gasteiger partial charge >= 0.3 is 12.0 Å². The van der Waals surface area contributed by atoms with E-state index in [2.05, 4.69) is 17.1 Å². The maximum atomic E-state index is 13.0. The number of carbonyl (C=O) groups is 3. The van der Waals surface area contributed by atoms with Crippen molar-refractivity contribution in [2.75, 3.05) is 26.4 Å². The van der Waals surface area contributed by atoms with Crippen molar-refractivity contribution in [3.63, 3.8) is 0 Å². The van der Waals surface area contributed by atoms with E-state index in [9.17, 15) is 14.4 Å². The molecule has 1 saturated carbocycles. The average molecular weight is 351 g/mol. The summed E-state index contributed by atoms with van der Waals surface area (Å²) in [6.07, 6.45) is 5.24. The predicted molar refractivity (Wildman–Crippen MR) is 91.5 cm³/mol. The summed E-state index contributed by atoms with van der Waals surface area (Å²) in [7, 11) is 0. The van der Waals surface area contributed by atoms with E-state index in [1.807, 2.05) is 6.92 Å². The van der Waals surface area contributed by atoms with Gasteiger partial charge < -0.3 is 10.1 Å². The fourth-order valence-corrected chi connectivity index (χ4v) is 4.39. The third kappa shape index (κ3) is 3.38. The van der Waals surface area contributed by atoms with Crippen molar-refractivity contribution in [2.24, 2.45) is 11.8 Å². The molecule has 0 unspecified atom stereocenters. The number of rotatable bonds is 4. The van der Waals surface area contributed by atoms with Gasteiger partial charge in [-0.15, -0.1) is 0 Å². The van der Waals surface area contributed by atoms with Gasteiger partial charge in [-0.3, -0.25) is 14.5 Å².